The van der Waals surface area contributed by atoms with Gasteiger partial charge in [0, 0.05) is 23.2 Å². The number of ether oxygens (including phenoxy) is 3. The number of halogens is 1. The zero-order chi connectivity index (χ0) is 21.0. The summed E-state index contributed by atoms with van der Waals surface area (Å²) in [6, 6.07) is 10.6. The Morgan fingerprint density at radius 3 is 2.28 bits per heavy atom. The maximum atomic E-state index is 12.6. The van der Waals surface area contributed by atoms with Gasteiger partial charge in [-0.05, 0) is 37.3 Å². The van der Waals surface area contributed by atoms with Gasteiger partial charge in [0.15, 0.2) is 11.5 Å². The molecule has 0 saturated carbocycles. The first-order valence-corrected chi connectivity index (χ1v) is 9.11. The Bertz CT molecular complexity index is 1020. The average molecular weight is 417 g/mol. The summed E-state index contributed by atoms with van der Waals surface area (Å²) in [4.78, 5) is 16.8. The number of methoxy groups -OCH3 is 3. The molecule has 152 valence electrons. The first kappa shape index (κ1) is 20.5. The lowest BCUT2D eigenvalue weighted by Gasteiger charge is -2.14. The SMILES string of the molecule is COc1cc(OC)c(OC)cc1CNC(=O)c1nc(C)n(-c2ccc(Cl)cc2)n1. The summed E-state index contributed by atoms with van der Waals surface area (Å²) in [7, 11) is 4.64. The predicted octanol–water partition coefficient (Wildman–Crippen LogP) is 3.18. The van der Waals surface area contributed by atoms with Crippen molar-refractivity contribution in [2.24, 2.45) is 0 Å². The number of benzene rings is 2. The Balaban J connectivity index is 1.78. The van der Waals surface area contributed by atoms with Crippen LogP contribution in [0.15, 0.2) is 36.4 Å². The number of aryl methyl sites for hydroxylation is 1. The van der Waals surface area contributed by atoms with E-state index in [1.165, 1.54) is 0 Å². The topological polar surface area (TPSA) is 87.5 Å². The van der Waals surface area contributed by atoms with E-state index in [4.69, 9.17) is 25.8 Å². The van der Waals surface area contributed by atoms with E-state index >= 15 is 0 Å². The zero-order valence-electron chi connectivity index (χ0n) is 16.5. The van der Waals surface area contributed by atoms with E-state index in [9.17, 15) is 4.79 Å². The smallest absolute Gasteiger partial charge is 0.291 e. The number of hydrogen-bond donors (Lipinski definition) is 1. The second-order valence-corrected chi connectivity index (χ2v) is 6.51. The molecule has 9 heteroatoms. The molecule has 0 radical (unpaired) electrons. The van der Waals surface area contributed by atoms with Crippen LogP contribution >= 0.6 is 11.6 Å². The van der Waals surface area contributed by atoms with Crippen LogP contribution in [0.25, 0.3) is 5.69 Å². The minimum atomic E-state index is -0.405. The molecule has 2 aromatic carbocycles. The van der Waals surface area contributed by atoms with E-state index in [1.54, 1.807) is 69.3 Å². The normalized spacial score (nSPS) is 10.5. The lowest BCUT2D eigenvalue weighted by molar-refractivity contribution is 0.0940. The number of carbonyl (C=O) groups excluding carboxylic acids is 1. The Morgan fingerprint density at radius 2 is 1.66 bits per heavy atom. The molecule has 1 heterocycles. The van der Waals surface area contributed by atoms with Crippen LogP contribution in [0.1, 0.15) is 22.0 Å². The molecular weight excluding hydrogens is 396 g/mol. The number of carbonyl (C=O) groups is 1. The van der Waals surface area contributed by atoms with Gasteiger partial charge in [0.2, 0.25) is 5.82 Å². The Kier molecular flexibility index (Phi) is 6.23. The zero-order valence-corrected chi connectivity index (χ0v) is 17.3. The van der Waals surface area contributed by atoms with Crippen molar-refractivity contribution in [3.05, 3.63) is 58.6 Å². The maximum absolute atomic E-state index is 12.6. The van der Waals surface area contributed by atoms with Gasteiger partial charge in [-0.2, -0.15) is 0 Å². The highest BCUT2D eigenvalue weighted by molar-refractivity contribution is 6.30. The highest BCUT2D eigenvalue weighted by atomic mass is 35.5. The van der Waals surface area contributed by atoms with Gasteiger partial charge in [0.25, 0.3) is 5.91 Å². The van der Waals surface area contributed by atoms with Crippen molar-refractivity contribution in [2.75, 3.05) is 21.3 Å². The van der Waals surface area contributed by atoms with Gasteiger partial charge in [-0.1, -0.05) is 11.6 Å². The van der Waals surface area contributed by atoms with Crippen LogP contribution in [0.5, 0.6) is 17.2 Å². The summed E-state index contributed by atoms with van der Waals surface area (Å²) < 4.78 is 17.6. The minimum absolute atomic E-state index is 0.0666. The molecule has 3 rings (SSSR count). The Labute approximate surface area is 173 Å². The molecule has 0 saturated heterocycles. The van der Waals surface area contributed by atoms with E-state index in [-0.39, 0.29) is 12.4 Å². The van der Waals surface area contributed by atoms with Gasteiger partial charge < -0.3 is 19.5 Å². The van der Waals surface area contributed by atoms with E-state index < -0.39 is 5.91 Å². The van der Waals surface area contributed by atoms with Crippen LogP contribution in [0.3, 0.4) is 0 Å². The van der Waals surface area contributed by atoms with Crippen LogP contribution in [0.4, 0.5) is 0 Å². The molecule has 1 amide bonds. The molecule has 0 unspecified atom stereocenters. The second-order valence-electron chi connectivity index (χ2n) is 6.07. The summed E-state index contributed by atoms with van der Waals surface area (Å²) in [5.41, 5.74) is 1.49. The van der Waals surface area contributed by atoms with E-state index in [0.29, 0.717) is 28.1 Å². The molecule has 0 fully saturated rings. The van der Waals surface area contributed by atoms with Crippen molar-refractivity contribution < 1.29 is 19.0 Å². The fourth-order valence-corrected chi connectivity index (χ4v) is 2.92. The highest BCUT2D eigenvalue weighted by Crippen LogP contribution is 2.34. The molecule has 0 aliphatic heterocycles. The van der Waals surface area contributed by atoms with Gasteiger partial charge in [-0.3, -0.25) is 4.79 Å². The molecule has 1 N–H and O–H groups in total. The monoisotopic (exact) mass is 416 g/mol. The number of amides is 1. The molecule has 0 bridgehead atoms. The standard InChI is InChI=1S/C20H21ClN4O4/c1-12-23-19(24-25(12)15-7-5-14(21)6-8-15)20(26)22-11-13-9-17(28-3)18(29-4)10-16(13)27-2/h5-10H,11H2,1-4H3,(H,22,26). The van der Waals surface area contributed by atoms with Gasteiger partial charge in [0.1, 0.15) is 11.6 Å². The van der Waals surface area contributed by atoms with Crippen molar-refractivity contribution in [3.63, 3.8) is 0 Å². The highest BCUT2D eigenvalue weighted by Gasteiger charge is 2.17. The molecule has 0 atom stereocenters. The number of nitrogens with zero attached hydrogens (tertiary/aromatic N) is 3. The Hall–Kier alpha value is -3.26. The summed E-state index contributed by atoms with van der Waals surface area (Å²) >= 11 is 5.92. The fourth-order valence-electron chi connectivity index (χ4n) is 2.80. The third kappa shape index (κ3) is 4.43. The fraction of sp³-hybridized carbons (Fsp3) is 0.250. The molecule has 29 heavy (non-hydrogen) atoms. The van der Waals surface area contributed by atoms with Crippen LogP contribution < -0.4 is 19.5 Å². The van der Waals surface area contributed by atoms with E-state index in [2.05, 4.69) is 15.4 Å². The van der Waals surface area contributed by atoms with Gasteiger partial charge in [0.05, 0.1) is 27.0 Å². The summed E-state index contributed by atoms with van der Waals surface area (Å²) in [5, 5.41) is 7.72. The number of aromatic nitrogens is 3. The van der Waals surface area contributed by atoms with Crippen molar-refractivity contribution in [1.82, 2.24) is 20.1 Å². The molecule has 1 aromatic heterocycles. The van der Waals surface area contributed by atoms with Crippen LogP contribution in [0.2, 0.25) is 5.02 Å². The number of hydrogen-bond acceptors (Lipinski definition) is 6. The lowest BCUT2D eigenvalue weighted by Crippen LogP contribution is -2.24. The second kappa shape index (κ2) is 8.83. The summed E-state index contributed by atoms with van der Waals surface area (Å²) in [5.74, 6) is 1.89. The third-order valence-electron chi connectivity index (χ3n) is 4.27. The molecular formula is C20H21ClN4O4. The first-order chi connectivity index (χ1) is 14.0. The van der Waals surface area contributed by atoms with E-state index in [1.807, 2.05) is 0 Å². The molecule has 0 spiro atoms. The van der Waals surface area contributed by atoms with Gasteiger partial charge in [-0.15, -0.1) is 5.10 Å². The molecule has 3 aromatic rings. The van der Waals surface area contributed by atoms with Gasteiger partial charge in [-0.25, -0.2) is 9.67 Å². The average Bonchev–Trinajstić information content (AvgIpc) is 3.13. The van der Waals surface area contributed by atoms with Crippen LogP contribution in [-0.2, 0) is 6.54 Å². The van der Waals surface area contributed by atoms with Crippen LogP contribution in [-0.4, -0.2) is 42.0 Å². The van der Waals surface area contributed by atoms with Crippen LogP contribution in [0, 0.1) is 6.92 Å². The van der Waals surface area contributed by atoms with E-state index in [0.717, 1.165) is 11.3 Å². The largest absolute Gasteiger partial charge is 0.496 e. The molecule has 8 nitrogen and oxygen atoms in total. The van der Waals surface area contributed by atoms with Crippen molar-refractivity contribution >= 4 is 17.5 Å². The Morgan fingerprint density at radius 1 is 1.03 bits per heavy atom. The number of rotatable bonds is 7. The minimum Gasteiger partial charge on any atom is -0.496 e. The quantitative estimate of drug-likeness (QED) is 0.636. The lowest BCUT2D eigenvalue weighted by atomic mass is 10.1. The summed E-state index contributed by atoms with van der Waals surface area (Å²) in [6.07, 6.45) is 0. The maximum Gasteiger partial charge on any atom is 0.291 e. The molecule has 0 aliphatic rings. The summed E-state index contributed by atoms with van der Waals surface area (Å²) in [6.45, 7) is 1.98. The third-order valence-corrected chi connectivity index (χ3v) is 4.52. The van der Waals surface area contributed by atoms with Gasteiger partial charge >= 0.3 is 0 Å². The molecule has 0 aliphatic carbocycles. The first-order valence-electron chi connectivity index (χ1n) is 8.73. The predicted molar refractivity (Wildman–Crippen MR) is 108 cm³/mol. The van der Waals surface area contributed by atoms with Crippen molar-refractivity contribution in [1.29, 1.82) is 0 Å². The van der Waals surface area contributed by atoms with Crippen molar-refractivity contribution in [2.45, 2.75) is 13.5 Å². The van der Waals surface area contributed by atoms with Crippen molar-refractivity contribution in [3.8, 4) is 22.9 Å². The number of nitrogens with one attached hydrogen (secondary N) is 1.